The lowest BCUT2D eigenvalue weighted by Gasteiger charge is -2.38. The fourth-order valence-corrected chi connectivity index (χ4v) is 4.36. The molecule has 1 aromatic rings. The number of rotatable bonds is 4. The molecule has 0 aliphatic heterocycles. The van der Waals surface area contributed by atoms with Gasteiger partial charge < -0.3 is 10.1 Å². The van der Waals surface area contributed by atoms with Gasteiger partial charge >= 0.3 is 0 Å². The molecule has 0 saturated heterocycles. The molecule has 1 unspecified atom stereocenters. The zero-order valence-electron chi connectivity index (χ0n) is 13.5. The molecule has 2 heteroatoms. The van der Waals surface area contributed by atoms with Crippen LogP contribution in [0.4, 0.5) is 0 Å². The van der Waals surface area contributed by atoms with Crippen LogP contribution in [-0.2, 0) is 0 Å². The molecular formula is C19H29NO. The molecule has 2 aliphatic carbocycles. The minimum absolute atomic E-state index is 0.429. The van der Waals surface area contributed by atoms with Crippen LogP contribution in [-0.4, -0.2) is 13.2 Å². The molecule has 0 heterocycles. The van der Waals surface area contributed by atoms with E-state index < -0.39 is 0 Å². The van der Waals surface area contributed by atoms with E-state index in [0.717, 1.165) is 11.2 Å². The number of nitrogens with one attached hydrogen (secondary N) is 1. The predicted molar refractivity (Wildman–Crippen MR) is 87.7 cm³/mol. The van der Waals surface area contributed by atoms with Crippen LogP contribution in [0.15, 0.2) is 24.3 Å². The molecular weight excluding hydrogens is 258 g/mol. The van der Waals surface area contributed by atoms with Crippen LogP contribution in [0, 0.1) is 5.41 Å². The summed E-state index contributed by atoms with van der Waals surface area (Å²) in [6.45, 7) is 2.28. The molecule has 0 bridgehead atoms. The van der Waals surface area contributed by atoms with Crippen molar-refractivity contribution in [3.63, 3.8) is 0 Å². The fourth-order valence-electron chi connectivity index (χ4n) is 4.36. The summed E-state index contributed by atoms with van der Waals surface area (Å²) >= 11 is 0. The van der Waals surface area contributed by atoms with Crippen molar-refractivity contribution in [2.75, 3.05) is 7.11 Å². The highest BCUT2D eigenvalue weighted by Crippen LogP contribution is 2.49. The molecule has 0 amide bonds. The van der Waals surface area contributed by atoms with Crippen LogP contribution in [0.25, 0.3) is 0 Å². The van der Waals surface area contributed by atoms with E-state index in [1.165, 1.54) is 56.9 Å². The number of benzene rings is 1. The average Bonchev–Trinajstić information content (AvgIpc) is 2.98. The van der Waals surface area contributed by atoms with Crippen molar-refractivity contribution in [1.82, 2.24) is 5.32 Å². The molecule has 0 aromatic heterocycles. The van der Waals surface area contributed by atoms with Gasteiger partial charge in [-0.05, 0) is 68.6 Å². The Morgan fingerprint density at radius 3 is 2.24 bits per heavy atom. The molecule has 1 spiro atoms. The Bertz CT molecular complexity index is 437. The second-order valence-corrected chi connectivity index (χ2v) is 7.14. The first kappa shape index (κ1) is 14.9. The van der Waals surface area contributed by atoms with Crippen molar-refractivity contribution >= 4 is 0 Å². The van der Waals surface area contributed by atoms with Crippen molar-refractivity contribution in [3.8, 4) is 5.75 Å². The van der Waals surface area contributed by atoms with Crippen LogP contribution < -0.4 is 10.1 Å². The standard InChI is InChI=1S/C19H29NO/c1-15(16-5-7-18(21-2)8-6-16)20-17-9-13-19(14-10-17)11-3-4-12-19/h5-8,15,17,20H,3-4,9-14H2,1-2H3. The van der Waals surface area contributed by atoms with Crippen molar-refractivity contribution in [2.45, 2.75) is 70.4 Å². The smallest absolute Gasteiger partial charge is 0.118 e. The third kappa shape index (κ3) is 3.42. The molecule has 2 fully saturated rings. The van der Waals surface area contributed by atoms with Gasteiger partial charge in [-0.2, -0.15) is 0 Å². The first-order valence-corrected chi connectivity index (χ1v) is 8.61. The highest BCUT2D eigenvalue weighted by atomic mass is 16.5. The quantitative estimate of drug-likeness (QED) is 0.855. The summed E-state index contributed by atoms with van der Waals surface area (Å²) in [5, 5.41) is 3.84. The number of ether oxygens (including phenoxy) is 1. The summed E-state index contributed by atoms with van der Waals surface area (Å²) in [5.74, 6) is 0.937. The lowest BCUT2D eigenvalue weighted by Crippen LogP contribution is -2.37. The van der Waals surface area contributed by atoms with Gasteiger partial charge in [0.25, 0.3) is 0 Å². The van der Waals surface area contributed by atoms with Crippen LogP contribution in [0.5, 0.6) is 5.75 Å². The Morgan fingerprint density at radius 1 is 1.05 bits per heavy atom. The van der Waals surface area contributed by atoms with Crippen molar-refractivity contribution in [1.29, 1.82) is 0 Å². The van der Waals surface area contributed by atoms with Gasteiger partial charge in [-0.1, -0.05) is 25.0 Å². The van der Waals surface area contributed by atoms with Gasteiger partial charge in [0, 0.05) is 12.1 Å². The van der Waals surface area contributed by atoms with Gasteiger partial charge in [-0.3, -0.25) is 0 Å². The van der Waals surface area contributed by atoms with Crippen LogP contribution in [0.1, 0.15) is 69.9 Å². The zero-order chi connectivity index (χ0) is 14.7. The first-order chi connectivity index (χ1) is 10.2. The SMILES string of the molecule is COc1ccc(C(C)NC2CCC3(CCCC3)CC2)cc1. The molecule has 2 nitrogen and oxygen atoms in total. The third-order valence-electron chi connectivity index (χ3n) is 5.81. The predicted octanol–water partition coefficient (Wildman–Crippen LogP) is 4.85. The fraction of sp³-hybridized carbons (Fsp3) is 0.684. The molecule has 3 rings (SSSR count). The Hall–Kier alpha value is -1.02. The van der Waals surface area contributed by atoms with Crippen LogP contribution in [0.2, 0.25) is 0 Å². The molecule has 1 atom stereocenters. The lowest BCUT2D eigenvalue weighted by molar-refractivity contribution is 0.164. The topological polar surface area (TPSA) is 21.3 Å². The van der Waals surface area contributed by atoms with Gasteiger partial charge in [0.05, 0.1) is 7.11 Å². The van der Waals surface area contributed by atoms with E-state index in [1.54, 1.807) is 7.11 Å². The average molecular weight is 287 g/mol. The Kier molecular flexibility index (Phi) is 4.54. The third-order valence-corrected chi connectivity index (χ3v) is 5.81. The van der Waals surface area contributed by atoms with Crippen molar-refractivity contribution in [2.24, 2.45) is 5.41 Å². The van der Waals surface area contributed by atoms with Gasteiger partial charge in [0.2, 0.25) is 0 Å². The van der Waals surface area contributed by atoms with E-state index in [9.17, 15) is 0 Å². The summed E-state index contributed by atoms with van der Waals surface area (Å²) in [5.41, 5.74) is 2.10. The summed E-state index contributed by atoms with van der Waals surface area (Å²) < 4.78 is 5.23. The number of hydrogen-bond donors (Lipinski definition) is 1. The molecule has 1 N–H and O–H groups in total. The second-order valence-electron chi connectivity index (χ2n) is 7.14. The normalized spacial score (nSPS) is 23.3. The minimum Gasteiger partial charge on any atom is -0.497 e. The monoisotopic (exact) mass is 287 g/mol. The van der Waals surface area contributed by atoms with E-state index in [0.29, 0.717) is 12.1 Å². The van der Waals surface area contributed by atoms with Crippen LogP contribution >= 0.6 is 0 Å². The van der Waals surface area contributed by atoms with Gasteiger partial charge in [0.15, 0.2) is 0 Å². The van der Waals surface area contributed by atoms with Gasteiger partial charge in [0.1, 0.15) is 5.75 Å². The van der Waals surface area contributed by atoms with Crippen LogP contribution in [0.3, 0.4) is 0 Å². The number of methoxy groups -OCH3 is 1. The molecule has 0 radical (unpaired) electrons. The molecule has 2 aliphatic rings. The lowest BCUT2D eigenvalue weighted by atomic mass is 9.71. The van der Waals surface area contributed by atoms with Crippen molar-refractivity contribution in [3.05, 3.63) is 29.8 Å². The van der Waals surface area contributed by atoms with Gasteiger partial charge in [-0.25, -0.2) is 0 Å². The molecule has 2 saturated carbocycles. The Morgan fingerprint density at radius 2 is 1.67 bits per heavy atom. The molecule has 1 aromatic carbocycles. The maximum Gasteiger partial charge on any atom is 0.118 e. The Balaban J connectivity index is 1.52. The van der Waals surface area contributed by atoms with Crippen molar-refractivity contribution < 1.29 is 4.74 Å². The highest BCUT2D eigenvalue weighted by molar-refractivity contribution is 5.28. The minimum atomic E-state index is 0.429. The zero-order valence-corrected chi connectivity index (χ0v) is 13.5. The highest BCUT2D eigenvalue weighted by Gasteiger charge is 2.37. The van der Waals surface area contributed by atoms with Gasteiger partial charge in [-0.15, -0.1) is 0 Å². The van der Waals surface area contributed by atoms with E-state index in [2.05, 4.69) is 36.5 Å². The maximum atomic E-state index is 5.23. The summed E-state index contributed by atoms with van der Waals surface area (Å²) in [6, 6.07) is 9.60. The largest absolute Gasteiger partial charge is 0.497 e. The van der Waals surface area contributed by atoms with E-state index in [1.807, 2.05) is 0 Å². The van der Waals surface area contributed by atoms with E-state index in [-0.39, 0.29) is 0 Å². The van der Waals surface area contributed by atoms with E-state index >= 15 is 0 Å². The van der Waals surface area contributed by atoms with E-state index in [4.69, 9.17) is 4.74 Å². The molecule has 21 heavy (non-hydrogen) atoms. The first-order valence-electron chi connectivity index (χ1n) is 8.61. The summed E-state index contributed by atoms with van der Waals surface area (Å²) in [4.78, 5) is 0. The summed E-state index contributed by atoms with van der Waals surface area (Å²) in [6.07, 6.45) is 11.5. The second kappa shape index (κ2) is 6.39. The summed E-state index contributed by atoms with van der Waals surface area (Å²) in [7, 11) is 1.72. The molecule has 116 valence electrons. The number of hydrogen-bond acceptors (Lipinski definition) is 2. The maximum absolute atomic E-state index is 5.23. The Labute approximate surface area is 129 Å².